The molecule has 1 aliphatic carbocycles. The third kappa shape index (κ3) is 3.67. The number of ketones is 1. The van der Waals surface area contributed by atoms with Gasteiger partial charge in [0.05, 0.1) is 18.2 Å². The third-order valence-corrected chi connectivity index (χ3v) is 3.65. The van der Waals surface area contributed by atoms with Crippen LogP contribution in [0.4, 0.5) is 0 Å². The molecule has 2 N–H and O–H groups in total. The number of rotatable bonds is 7. The summed E-state index contributed by atoms with van der Waals surface area (Å²) < 4.78 is 2.05. The molecule has 1 aromatic heterocycles. The number of carbonyl (C=O) groups excluding carboxylic acids is 1. The zero-order valence-corrected chi connectivity index (χ0v) is 11.0. The average molecular weight is 249 g/mol. The lowest BCUT2D eigenvalue weighted by Crippen LogP contribution is -2.08. The van der Waals surface area contributed by atoms with E-state index in [1.165, 1.54) is 25.7 Å². The normalized spacial score (nSPS) is 16.3. The maximum absolute atomic E-state index is 11.7. The smallest absolute Gasteiger partial charge is 0.138 e. The summed E-state index contributed by atoms with van der Waals surface area (Å²) >= 11 is 0. The molecule has 0 atom stereocenters. The fourth-order valence-corrected chi connectivity index (χ4v) is 2.60. The van der Waals surface area contributed by atoms with Crippen LogP contribution in [0.2, 0.25) is 0 Å². The zero-order valence-electron chi connectivity index (χ0n) is 11.0. The standard InChI is InChI=1S/C14H23N3O/c15-9-4-3-7-14(18)11-12-8-10-17(16-12)13-5-1-2-6-13/h8,10,13H,1-7,9,11,15H2. The first kappa shape index (κ1) is 13.3. The van der Waals surface area contributed by atoms with Gasteiger partial charge in [0, 0.05) is 12.6 Å². The summed E-state index contributed by atoms with van der Waals surface area (Å²) in [6.45, 7) is 0.670. The van der Waals surface area contributed by atoms with Gasteiger partial charge in [0.1, 0.15) is 5.78 Å². The molecule has 1 heterocycles. The fourth-order valence-electron chi connectivity index (χ4n) is 2.60. The molecule has 1 aliphatic rings. The van der Waals surface area contributed by atoms with Crippen molar-refractivity contribution in [3.05, 3.63) is 18.0 Å². The zero-order chi connectivity index (χ0) is 12.8. The molecule has 0 amide bonds. The van der Waals surface area contributed by atoms with Gasteiger partial charge in [0.2, 0.25) is 0 Å². The molecule has 1 saturated carbocycles. The lowest BCUT2D eigenvalue weighted by Gasteiger charge is -2.08. The van der Waals surface area contributed by atoms with E-state index in [4.69, 9.17) is 5.73 Å². The molecule has 0 aromatic carbocycles. The van der Waals surface area contributed by atoms with E-state index in [1.807, 2.05) is 12.3 Å². The van der Waals surface area contributed by atoms with Gasteiger partial charge < -0.3 is 5.73 Å². The maximum atomic E-state index is 11.7. The molecule has 100 valence electrons. The molecule has 0 aliphatic heterocycles. The molecular weight excluding hydrogens is 226 g/mol. The highest BCUT2D eigenvalue weighted by molar-refractivity contribution is 5.80. The highest BCUT2D eigenvalue weighted by atomic mass is 16.1. The number of carbonyl (C=O) groups is 1. The number of nitrogens with two attached hydrogens (primary N) is 1. The van der Waals surface area contributed by atoms with E-state index in [0.717, 1.165) is 18.5 Å². The first-order valence-electron chi connectivity index (χ1n) is 7.05. The Labute approximate surface area is 109 Å². The van der Waals surface area contributed by atoms with Crippen LogP contribution in [0, 0.1) is 0 Å². The Balaban J connectivity index is 1.80. The summed E-state index contributed by atoms with van der Waals surface area (Å²) in [7, 11) is 0. The monoisotopic (exact) mass is 249 g/mol. The molecule has 1 fully saturated rings. The first-order valence-corrected chi connectivity index (χ1v) is 7.05. The summed E-state index contributed by atoms with van der Waals surface area (Å²) in [4.78, 5) is 11.7. The second-order valence-electron chi connectivity index (χ2n) is 5.19. The Kier molecular flexibility index (Phi) is 4.93. The third-order valence-electron chi connectivity index (χ3n) is 3.65. The summed E-state index contributed by atoms with van der Waals surface area (Å²) in [5.74, 6) is 0.278. The van der Waals surface area contributed by atoms with Crippen molar-refractivity contribution in [1.82, 2.24) is 9.78 Å². The lowest BCUT2D eigenvalue weighted by molar-refractivity contribution is -0.118. The van der Waals surface area contributed by atoms with Gasteiger partial charge in [-0.05, 0) is 38.3 Å². The van der Waals surface area contributed by atoms with Crippen LogP contribution >= 0.6 is 0 Å². The van der Waals surface area contributed by atoms with Gasteiger partial charge in [0.25, 0.3) is 0 Å². The molecule has 4 nitrogen and oxygen atoms in total. The van der Waals surface area contributed by atoms with Gasteiger partial charge in [-0.2, -0.15) is 5.10 Å². The quantitative estimate of drug-likeness (QED) is 0.754. The van der Waals surface area contributed by atoms with E-state index in [9.17, 15) is 4.79 Å². The van der Waals surface area contributed by atoms with Gasteiger partial charge in [-0.3, -0.25) is 9.48 Å². The largest absolute Gasteiger partial charge is 0.330 e. The van der Waals surface area contributed by atoms with Crippen LogP contribution < -0.4 is 5.73 Å². The van der Waals surface area contributed by atoms with Crippen molar-refractivity contribution in [1.29, 1.82) is 0 Å². The van der Waals surface area contributed by atoms with E-state index in [1.54, 1.807) is 0 Å². The van der Waals surface area contributed by atoms with Crippen LogP contribution in [0.15, 0.2) is 12.3 Å². The van der Waals surface area contributed by atoms with Crippen LogP contribution in [-0.2, 0) is 11.2 Å². The van der Waals surface area contributed by atoms with Crippen molar-refractivity contribution in [2.24, 2.45) is 5.73 Å². The molecule has 4 heteroatoms. The predicted molar refractivity (Wildman–Crippen MR) is 71.3 cm³/mol. The summed E-state index contributed by atoms with van der Waals surface area (Å²) in [6, 6.07) is 2.55. The molecule has 0 radical (unpaired) electrons. The summed E-state index contributed by atoms with van der Waals surface area (Å²) in [5, 5.41) is 4.53. The van der Waals surface area contributed by atoms with Crippen molar-refractivity contribution >= 4 is 5.78 Å². The van der Waals surface area contributed by atoms with Gasteiger partial charge in [-0.15, -0.1) is 0 Å². The van der Waals surface area contributed by atoms with Crippen LogP contribution in [0.1, 0.15) is 56.7 Å². The van der Waals surface area contributed by atoms with E-state index in [0.29, 0.717) is 25.4 Å². The van der Waals surface area contributed by atoms with Gasteiger partial charge in [-0.1, -0.05) is 12.8 Å². The van der Waals surface area contributed by atoms with Crippen molar-refractivity contribution < 1.29 is 4.79 Å². The second kappa shape index (κ2) is 6.69. The lowest BCUT2D eigenvalue weighted by atomic mass is 10.1. The topological polar surface area (TPSA) is 60.9 Å². The minimum Gasteiger partial charge on any atom is -0.330 e. The summed E-state index contributed by atoms with van der Waals surface area (Å²) in [5.41, 5.74) is 6.33. The molecule has 18 heavy (non-hydrogen) atoms. The molecule has 0 unspecified atom stereocenters. The second-order valence-corrected chi connectivity index (χ2v) is 5.19. The van der Waals surface area contributed by atoms with Gasteiger partial charge >= 0.3 is 0 Å². The minimum absolute atomic E-state index is 0.278. The number of hydrogen-bond donors (Lipinski definition) is 1. The Morgan fingerprint density at radius 2 is 2.17 bits per heavy atom. The minimum atomic E-state index is 0.278. The average Bonchev–Trinajstić information content (AvgIpc) is 2.98. The number of Topliss-reactive ketones (excluding diaryl/α,β-unsaturated/α-hetero) is 1. The van der Waals surface area contributed by atoms with Crippen molar-refractivity contribution in [3.8, 4) is 0 Å². The van der Waals surface area contributed by atoms with Crippen molar-refractivity contribution in [2.45, 2.75) is 57.4 Å². The van der Waals surface area contributed by atoms with Crippen molar-refractivity contribution in [2.75, 3.05) is 6.54 Å². The van der Waals surface area contributed by atoms with Crippen LogP contribution in [0.25, 0.3) is 0 Å². The van der Waals surface area contributed by atoms with Gasteiger partial charge in [0.15, 0.2) is 0 Å². The Morgan fingerprint density at radius 3 is 2.89 bits per heavy atom. The fraction of sp³-hybridized carbons (Fsp3) is 0.714. The maximum Gasteiger partial charge on any atom is 0.138 e. The SMILES string of the molecule is NCCCCC(=O)Cc1ccn(C2CCCC2)n1. The van der Waals surface area contributed by atoms with E-state index >= 15 is 0 Å². The number of nitrogens with zero attached hydrogens (tertiary/aromatic N) is 2. The highest BCUT2D eigenvalue weighted by Gasteiger charge is 2.17. The number of hydrogen-bond acceptors (Lipinski definition) is 3. The summed E-state index contributed by atoms with van der Waals surface area (Å²) in [6.07, 6.45) is 10.0. The predicted octanol–water partition coefficient (Wildman–Crippen LogP) is 2.24. The van der Waals surface area contributed by atoms with E-state index in [2.05, 4.69) is 9.78 Å². The van der Waals surface area contributed by atoms with Crippen molar-refractivity contribution in [3.63, 3.8) is 0 Å². The molecule has 0 saturated heterocycles. The molecular formula is C14H23N3O. The van der Waals surface area contributed by atoms with Crippen LogP contribution in [-0.4, -0.2) is 22.1 Å². The molecule has 0 bridgehead atoms. The Morgan fingerprint density at radius 1 is 1.39 bits per heavy atom. The molecule has 1 aromatic rings. The van der Waals surface area contributed by atoms with Crippen LogP contribution in [0.5, 0.6) is 0 Å². The Bertz CT molecular complexity index is 380. The van der Waals surface area contributed by atoms with Crippen LogP contribution in [0.3, 0.4) is 0 Å². The molecule has 0 spiro atoms. The van der Waals surface area contributed by atoms with E-state index < -0.39 is 0 Å². The molecule has 2 rings (SSSR count). The van der Waals surface area contributed by atoms with E-state index in [-0.39, 0.29) is 5.78 Å². The Hall–Kier alpha value is -1.16. The number of aromatic nitrogens is 2. The number of unbranched alkanes of at least 4 members (excludes halogenated alkanes) is 1. The van der Waals surface area contributed by atoms with Gasteiger partial charge in [-0.25, -0.2) is 0 Å². The highest BCUT2D eigenvalue weighted by Crippen LogP contribution is 2.28. The first-order chi connectivity index (χ1) is 8.79.